The molecule has 0 saturated carbocycles. The van der Waals surface area contributed by atoms with Gasteiger partial charge in [0.05, 0.1) is 4.83 Å². The fourth-order valence-electron chi connectivity index (χ4n) is 1.62. The summed E-state index contributed by atoms with van der Waals surface area (Å²) in [5.41, 5.74) is 2.86. The molecule has 2 aromatic rings. The van der Waals surface area contributed by atoms with Crippen molar-refractivity contribution >= 4 is 15.9 Å². The van der Waals surface area contributed by atoms with Crippen LogP contribution in [0.3, 0.4) is 0 Å². The summed E-state index contributed by atoms with van der Waals surface area (Å²) in [6.07, 6.45) is 0.913. The van der Waals surface area contributed by atoms with Gasteiger partial charge in [0, 0.05) is 17.0 Å². The van der Waals surface area contributed by atoms with Crippen molar-refractivity contribution in [1.82, 2.24) is 15.1 Å². The van der Waals surface area contributed by atoms with Gasteiger partial charge in [-0.3, -0.25) is 4.98 Å². The van der Waals surface area contributed by atoms with Gasteiger partial charge in [0.2, 0.25) is 11.7 Å². The highest BCUT2D eigenvalue weighted by Gasteiger charge is 2.15. The molecule has 0 spiro atoms. The molecule has 0 aliphatic rings. The van der Waals surface area contributed by atoms with E-state index in [1.165, 1.54) is 0 Å². The van der Waals surface area contributed by atoms with Gasteiger partial charge in [-0.2, -0.15) is 4.98 Å². The van der Waals surface area contributed by atoms with Crippen molar-refractivity contribution in [2.45, 2.75) is 32.0 Å². The van der Waals surface area contributed by atoms with E-state index in [1.807, 2.05) is 26.0 Å². The monoisotopic (exact) mass is 295 g/mol. The van der Waals surface area contributed by atoms with Crippen molar-refractivity contribution in [2.75, 3.05) is 0 Å². The first kappa shape index (κ1) is 12.2. The molecule has 0 fully saturated rings. The lowest BCUT2D eigenvalue weighted by atomic mass is 10.2. The molecule has 0 aromatic carbocycles. The molecular weight excluding hydrogens is 282 g/mol. The van der Waals surface area contributed by atoms with Crippen LogP contribution >= 0.6 is 15.9 Å². The van der Waals surface area contributed by atoms with Gasteiger partial charge in [0.25, 0.3) is 0 Å². The lowest BCUT2D eigenvalue weighted by Gasteiger charge is -1.99. The third-order valence-corrected chi connectivity index (χ3v) is 3.45. The van der Waals surface area contributed by atoms with Crippen molar-refractivity contribution < 1.29 is 4.52 Å². The van der Waals surface area contributed by atoms with E-state index >= 15 is 0 Å². The highest BCUT2D eigenvalue weighted by molar-refractivity contribution is 9.09. The van der Waals surface area contributed by atoms with Gasteiger partial charge in [-0.15, -0.1) is 0 Å². The molecule has 0 saturated heterocycles. The van der Waals surface area contributed by atoms with Gasteiger partial charge >= 0.3 is 0 Å². The lowest BCUT2D eigenvalue weighted by molar-refractivity contribution is 0.377. The predicted octanol–water partition coefficient (Wildman–Crippen LogP) is 3.59. The SMILES string of the molecule is CCC(Br)c1nc(-c2cc(C)nc(C)c2)no1. The second kappa shape index (κ2) is 4.96. The van der Waals surface area contributed by atoms with Gasteiger partial charge in [0.15, 0.2) is 0 Å². The molecule has 2 heterocycles. The number of aryl methyl sites for hydroxylation is 2. The number of aromatic nitrogens is 3. The first-order valence-corrected chi connectivity index (χ1v) is 6.45. The molecule has 1 atom stereocenters. The summed E-state index contributed by atoms with van der Waals surface area (Å²) in [6.45, 7) is 5.97. The number of halogens is 1. The van der Waals surface area contributed by atoms with E-state index in [4.69, 9.17) is 4.52 Å². The Morgan fingerprint density at radius 3 is 2.47 bits per heavy atom. The molecule has 0 aliphatic heterocycles. The minimum atomic E-state index is 0.118. The van der Waals surface area contributed by atoms with Crippen LogP contribution in [0, 0.1) is 13.8 Å². The molecule has 0 bridgehead atoms. The topological polar surface area (TPSA) is 51.8 Å². The summed E-state index contributed by atoms with van der Waals surface area (Å²) in [4.78, 5) is 8.82. The van der Waals surface area contributed by atoms with Crippen LogP contribution in [0.1, 0.15) is 35.5 Å². The smallest absolute Gasteiger partial charge is 0.240 e. The molecule has 0 radical (unpaired) electrons. The largest absolute Gasteiger partial charge is 0.338 e. The Kier molecular flexibility index (Phi) is 3.57. The Hall–Kier alpha value is -1.23. The zero-order valence-electron chi connectivity index (χ0n) is 10.1. The predicted molar refractivity (Wildman–Crippen MR) is 69.0 cm³/mol. The lowest BCUT2D eigenvalue weighted by Crippen LogP contribution is -1.90. The minimum absolute atomic E-state index is 0.118. The molecule has 17 heavy (non-hydrogen) atoms. The van der Waals surface area contributed by atoms with Crippen LogP contribution in [0.25, 0.3) is 11.4 Å². The van der Waals surface area contributed by atoms with E-state index in [0.29, 0.717) is 11.7 Å². The van der Waals surface area contributed by atoms with E-state index < -0.39 is 0 Å². The first-order chi connectivity index (χ1) is 8.10. The Bertz CT molecular complexity index is 504. The maximum Gasteiger partial charge on any atom is 0.240 e. The normalized spacial score (nSPS) is 12.7. The van der Waals surface area contributed by atoms with Crippen LogP contribution in [0.5, 0.6) is 0 Å². The average Bonchev–Trinajstić information content (AvgIpc) is 2.76. The van der Waals surface area contributed by atoms with Gasteiger partial charge < -0.3 is 4.52 Å². The van der Waals surface area contributed by atoms with Crippen LogP contribution in [0.2, 0.25) is 0 Å². The highest BCUT2D eigenvalue weighted by atomic mass is 79.9. The van der Waals surface area contributed by atoms with Gasteiger partial charge in [0.1, 0.15) is 0 Å². The summed E-state index contributed by atoms with van der Waals surface area (Å²) in [5.74, 6) is 1.24. The van der Waals surface area contributed by atoms with Gasteiger partial charge in [-0.05, 0) is 32.4 Å². The van der Waals surface area contributed by atoms with E-state index in [0.717, 1.165) is 23.4 Å². The Morgan fingerprint density at radius 2 is 1.88 bits per heavy atom. The molecule has 5 heteroatoms. The molecule has 2 aromatic heterocycles. The highest BCUT2D eigenvalue weighted by Crippen LogP contribution is 2.26. The van der Waals surface area contributed by atoms with E-state index in [9.17, 15) is 0 Å². The third-order valence-electron chi connectivity index (χ3n) is 2.41. The quantitative estimate of drug-likeness (QED) is 0.812. The summed E-state index contributed by atoms with van der Waals surface area (Å²) < 4.78 is 5.22. The summed E-state index contributed by atoms with van der Waals surface area (Å²) in [6, 6.07) is 3.91. The van der Waals surface area contributed by atoms with Crippen LogP contribution in [0.4, 0.5) is 0 Å². The van der Waals surface area contributed by atoms with Gasteiger partial charge in [-0.25, -0.2) is 0 Å². The van der Waals surface area contributed by atoms with Crippen LogP contribution in [0.15, 0.2) is 16.7 Å². The molecule has 1 unspecified atom stereocenters. The second-order valence-corrected chi connectivity index (χ2v) is 5.08. The standard InChI is InChI=1S/C12H14BrN3O/c1-4-10(13)12-15-11(16-17-12)9-5-7(2)14-8(3)6-9/h5-6,10H,4H2,1-3H3. The molecule has 90 valence electrons. The van der Waals surface area contributed by atoms with E-state index in [2.05, 4.69) is 38.0 Å². The first-order valence-electron chi connectivity index (χ1n) is 5.53. The maximum absolute atomic E-state index is 5.22. The van der Waals surface area contributed by atoms with Crippen molar-refractivity contribution in [3.05, 3.63) is 29.4 Å². The van der Waals surface area contributed by atoms with Crippen LogP contribution < -0.4 is 0 Å². The van der Waals surface area contributed by atoms with E-state index in [1.54, 1.807) is 0 Å². The molecule has 2 rings (SSSR count). The summed E-state index contributed by atoms with van der Waals surface area (Å²) in [5, 5.41) is 3.99. The maximum atomic E-state index is 5.22. The zero-order valence-corrected chi connectivity index (χ0v) is 11.7. The molecule has 4 nitrogen and oxygen atoms in total. The molecular formula is C12H14BrN3O. The Labute approximate surface area is 109 Å². The number of alkyl halides is 1. The average molecular weight is 296 g/mol. The van der Waals surface area contributed by atoms with E-state index in [-0.39, 0.29) is 4.83 Å². The fraction of sp³-hybridized carbons (Fsp3) is 0.417. The van der Waals surface area contributed by atoms with Crippen LogP contribution in [-0.4, -0.2) is 15.1 Å². The zero-order chi connectivity index (χ0) is 12.4. The number of rotatable bonds is 3. The summed E-state index contributed by atoms with van der Waals surface area (Å²) >= 11 is 3.49. The van der Waals surface area contributed by atoms with Gasteiger partial charge in [-0.1, -0.05) is 28.0 Å². The van der Waals surface area contributed by atoms with Crippen molar-refractivity contribution in [3.63, 3.8) is 0 Å². The van der Waals surface area contributed by atoms with Crippen molar-refractivity contribution in [2.24, 2.45) is 0 Å². The molecule has 0 N–H and O–H groups in total. The summed E-state index contributed by atoms with van der Waals surface area (Å²) in [7, 11) is 0. The van der Waals surface area contributed by atoms with Crippen LogP contribution in [-0.2, 0) is 0 Å². The molecule has 0 aliphatic carbocycles. The number of hydrogen-bond acceptors (Lipinski definition) is 4. The fourth-order valence-corrected chi connectivity index (χ4v) is 1.80. The number of nitrogens with zero attached hydrogens (tertiary/aromatic N) is 3. The third kappa shape index (κ3) is 2.72. The Morgan fingerprint density at radius 1 is 1.24 bits per heavy atom. The van der Waals surface area contributed by atoms with Crippen molar-refractivity contribution in [1.29, 1.82) is 0 Å². The van der Waals surface area contributed by atoms with Crippen molar-refractivity contribution in [3.8, 4) is 11.4 Å². The Balaban J connectivity index is 2.36. The minimum Gasteiger partial charge on any atom is -0.338 e. The second-order valence-electron chi connectivity index (χ2n) is 3.97. The number of hydrogen-bond donors (Lipinski definition) is 0. The molecule has 0 amide bonds. The number of pyridine rings is 1.